The van der Waals surface area contributed by atoms with Crippen molar-refractivity contribution < 1.29 is 14.3 Å². The van der Waals surface area contributed by atoms with Gasteiger partial charge in [0.05, 0.1) is 24.4 Å². The first-order valence-corrected chi connectivity index (χ1v) is 10.4. The maximum atomic E-state index is 13.5. The standard InChI is InChI=1S/C25H25N3O3/c1-31-20-13-11-18(12-14-20)24(29)27-22-9-3-2-8-21(22)25(30)28-16-5-4-10-23(28)19-7-6-15-26-17-19/h2-3,6-9,11-15,17,23H,4-5,10,16H2,1H3,(H,27,29)/t23-/m0/s1. The second kappa shape index (κ2) is 9.43. The normalized spacial score (nSPS) is 15.9. The van der Waals surface area contributed by atoms with Crippen molar-refractivity contribution in [2.45, 2.75) is 25.3 Å². The van der Waals surface area contributed by atoms with Crippen LogP contribution in [-0.2, 0) is 0 Å². The molecule has 0 spiro atoms. The number of carbonyl (C=O) groups excluding carboxylic acids is 2. The van der Waals surface area contributed by atoms with Gasteiger partial charge in [-0.15, -0.1) is 0 Å². The van der Waals surface area contributed by atoms with Crippen LogP contribution >= 0.6 is 0 Å². The fraction of sp³-hybridized carbons (Fsp3) is 0.240. The van der Waals surface area contributed by atoms with Gasteiger partial charge in [-0.3, -0.25) is 14.6 Å². The third-order valence-corrected chi connectivity index (χ3v) is 5.59. The number of hydrogen-bond acceptors (Lipinski definition) is 4. The molecule has 6 nitrogen and oxygen atoms in total. The van der Waals surface area contributed by atoms with E-state index in [1.54, 1.807) is 49.7 Å². The molecule has 2 heterocycles. The average Bonchev–Trinajstić information content (AvgIpc) is 2.84. The lowest BCUT2D eigenvalue weighted by Crippen LogP contribution is -2.39. The monoisotopic (exact) mass is 415 g/mol. The minimum Gasteiger partial charge on any atom is -0.497 e. The third kappa shape index (κ3) is 4.58. The summed E-state index contributed by atoms with van der Waals surface area (Å²) < 4.78 is 5.15. The molecule has 0 unspecified atom stereocenters. The Bertz CT molecular complexity index is 1050. The lowest BCUT2D eigenvalue weighted by Gasteiger charge is -2.36. The number of hydrogen-bond donors (Lipinski definition) is 1. The third-order valence-electron chi connectivity index (χ3n) is 5.59. The zero-order valence-electron chi connectivity index (χ0n) is 17.5. The Morgan fingerprint density at radius 2 is 1.84 bits per heavy atom. The van der Waals surface area contributed by atoms with Crippen LogP contribution in [0, 0.1) is 0 Å². The van der Waals surface area contributed by atoms with Crippen molar-refractivity contribution in [2.24, 2.45) is 0 Å². The van der Waals surface area contributed by atoms with Crippen LogP contribution < -0.4 is 10.1 Å². The van der Waals surface area contributed by atoms with E-state index in [4.69, 9.17) is 4.74 Å². The maximum absolute atomic E-state index is 13.5. The van der Waals surface area contributed by atoms with Crippen LogP contribution in [0.15, 0.2) is 73.1 Å². The molecule has 4 rings (SSSR count). The highest BCUT2D eigenvalue weighted by atomic mass is 16.5. The van der Waals surface area contributed by atoms with Gasteiger partial charge in [0.15, 0.2) is 0 Å². The van der Waals surface area contributed by atoms with E-state index in [-0.39, 0.29) is 17.9 Å². The van der Waals surface area contributed by atoms with Crippen molar-refractivity contribution in [3.05, 3.63) is 89.7 Å². The number of piperidine rings is 1. The number of methoxy groups -OCH3 is 1. The Morgan fingerprint density at radius 3 is 2.58 bits per heavy atom. The number of nitrogens with one attached hydrogen (secondary N) is 1. The number of benzene rings is 2. The first kappa shape index (κ1) is 20.6. The van der Waals surface area contributed by atoms with Crippen molar-refractivity contribution in [1.82, 2.24) is 9.88 Å². The molecule has 1 aliphatic heterocycles. The van der Waals surface area contributed by atoms with Gasteiger partial charge in [0.1, 0.15) is 5.75 Å². The molecule has 3 aromatic rings. The highest BCUT2D eigenvalue weighted by Crippen LogP contribution is 2.33. The van der Waals surface area contributed by atoms with Crippen molar-refractivity contribution in [1.29, 1.82) is 0 Å². The van der Waals surface area contributed by atoms with E-state index in [0.717, 1.165) is 24.8 Å². The van der Waals surface area contributed by atoms with Crippen LogP contribution in [0.2, 0.25) is 0 Å². The molecule has 6 heteroatoms. The topological polar surface area (TPSA) is 71.5 Å². The Morgan fingerprint density at radius 1 is 1.03 bits per heavy atom. The quantitative estimate of drug-likeness (QED) is 0.655. The van der Waals surface area contributed by atoms with Gasteiger partial charge < -0.3 is 15.0 Å². The molecule has 0 saturated carbocycles. The largest absolute Gasteiger partial charge is 0.497 e. The van der Waals surface area contributed by atoms with Gasteiger partial charge in [-0.25, -0.2) is 0 Å². The Labute approximate surface area is 181 Å². The average molecular weight is 415 g/mol. The second-order valence-electron chi connectivity index (χ2n) is 7.52. The first-order chi connectivity index (χ1) is 15.2. The predicted octanol–water partition coefficient (Wildman–Crippen LogP) is 4.71. The minimum absolute atomic E-state index is 0.0136. The molecule has 2 amide bonds. The van der Waals surface area contributed by atoms with E-state index < -0.39 is 0 Å². The molecule has 1 aliphatic rings. The van der Waals surface area contributed by atoms with Gasteiger partial charge in [0.25, 0.3) is 11.8 Å². The highest BCUT2D eigenvalue weighted by Gasteiger charge is 2.30. The van der Waals surface area contributed by atoms with Crippen LogP contribution in [0.4, 0.5) is 5.69 Å². The van der Waals surface area contributed by atoms with Crippen LogP contribution in [0.1, 0.15) is 51.6 Å². The molecular formula is C25H25N3O3. The smallest absolute Gasteiger partial charge is 0.256 e. The van der Waals surface area contributed by atoms with Crippen LogP contribution in [0.25, 0.3) is 0 Å². The van der Waals surface area contributed by atoms with Gasteiger partial charge >= 0.3 is 0 Å². The van der Waals surface area contributed by atoms with E-state index in [0.29, 0.717) is 29.1 Å². The summed E-state index contributed by atoms with van der Waals surface area (Å²) in [6, 6.07) is 17.9. The van der Waals surface area contributed by atoms with E-state index in [2.05, 4.69) is 10.3 Å². The summed E-state index contributed by atoms with van der Waals surface area (Å²) in [5.41, 5.74) is 2.52. The second-order valence-corrected chi connectivity index (χ2v) is 7.52. The summed E-state index contributed by atoms with van der Waals surface area (Å²) in [6.07, 6.45) is 6.50. The lowest BCUT2D eigenvalue weighted by molar-refractivity contribution is 0.0612. The van der Waals surface area contributed by atoms with Crippen molar-refractivity contribution in [2.75, 3.05) is 19.0 Å². The zero-order chi connectivity index (χ0) is 21.6. The Kier molecular flexibility index (Phi) is 6.26. The molecule has 0 bridgehead atoms. The van der Waals surface area contributed by atoms with Crippen LogP contribution in [-0.4, -0.2) is 35.4 Å². The minimum atomic E-state index is -0.273. The van der Waals surface area contributed by atoms with Crippen LogP contribution in [0.3, 0.4) is 0 Å². The molecule has 31 heavy (non-hydrogen) atoms. The number of pyridine rings is 1. The van der Waals surface area contributed by atoms with E-state index in [9.17, 15) is 9.59 Å². The van der Waals surface area contributed by atoms with E-state index in [1.807, 2.05) is 35.4 Å². The molecule has 0 aliphatic carbocycles. The lowest BCUT2D eigenvalue weighted by atomic mass is 9.95. The Hall–Kier alpha value is -3.67. The SMILES string of the molecule is COc1ccc(C(=O)Nc2ccccc2C(=O)N2CCCC[C@H]2c2cccnc2)cc1. The summed E-state index contributed by atoms with van der Waals surface area (Å²) in [5.74, 6) is 0.322. The summed E-state index contributed by atoms with van der Waals surface area (Å²) in [6.45, 7) is 0.680. The van der Waals surface area contributed by atoms with Gasteiger partial charge in [-0.2, -0.15) is 0 Å². The number of rotatable bonds is 5. The number of amides is 2. The van der Waals surface area contributed by atoms with Gasteiger partial charge in [0.2, 0.25) is 0 Å². The van der Waals surface area contributed by atoms with Gasteiger partial charge in [-0.1, -0.05) is 18.2 Å². The highest BCUT2D eigenvalue weighted by molar-refractivity contribution is 6.09. The number of ether oxygens (including phenoxy) is 1. The summed E-state index contributed by atoms with van der Waals surface area (Å²) in [5, 5.41) is 2.90. The fourth-order valence-electron chi connectivity index (χ4n) is 3.96. The number of likely N-dealkylation sites (tertiary alicyclic amines) is 1. The summed E-state index contributed by atoms with van der Waals surface area (Å²) in [4.78, 5) is 32.4. The zero-order valence-corrected chi connectivity index (χ0v) is 17.5. The fourth-order valence-corrected chi connectivity index (χ4v) is 3.96. The molecule has 2 aromatic carbocycles. The van der Waals surface area contributed by atoms with Gasteiger partial charge in [0, 0.05) is 24.5 Å². The van der Waals surface area contributed by atoms with Crippen molar-refractivity contribution >= 4 is 17.5 Å². The van der Waals surface area contributed by atoms with Gasteiger partial charge in [-0.05, 0) is 67.3 Å². The summed E-state index contributed by atoms with van der Waals surface area (Å²) >= 11 is 0. The molecule has 158 valence electrons. The molecular weight excluding hydrogens is 390 g/mol. The van der Waals surface area contributed by atoms with E-state index >= 15 is 0 Å². The molecule has 1 atom stereocenters. The first-order valence-electron chi connectivity index (χ1n) is 10.4. The molecule has 1 aromatic heterocycles. The number of aromatic nitrogens is 1. The Balaban J connectivity index is 1.58. The molecule has 0 radical (unpaired) electrons. The number of carbonyl (C=O) groups is 2. The molecule has 1 N–H and O–H groups in total. The van der Waals surface area contributed by atoms with Crippen molar-refractivity contribution in [3.8, 4) is 5.75 Å². The number of para-hydroxylation sites is 1. The van der Waals surface area contributed by atoms with Crippen molar-refractivity contribution in [3.63, 3.8) is 0 Å². The summed E-state index contributed by atoms with van der Waals surface area (Å²) in [7, 11) is 1.58. The molecule has 1 fully saturated rings. The number of nitrogens with zero attached hydrogens (tertiary/aromatic N) is 2. The maximum Gasteiger partial charge on any atom is 0.256 e. The van der Waals surface area contributed by atoms with Crippen LogP contribution in [0.5, 0.6) is 5.75 Å². The number of anilines is 1. The van der Waals surface area contributed by atoms with E-state index in [1.165, 1.54) is 0 Å². The molecule has 1 saturated heterocycles. The predicted molar refractivity (Wildman–Crippen MR) is 119 cm³/mol.